The Morgan fingerprint density at radius 1 is 1.42 bits per heavy atom. The van der Waals surface area contributed by atoms with Crippen molar-refractivity contribution in [1.29, 1.82) is 5.26 Å². The lowest BCUT2D eigenvalue weighted by Gasteiger charge is -1.92. The maximum Gasteiger partial charge on any atom is 0.0675 e. The van der Waals surface area contributed by atoms with E-state index in [1.54, 1.807) is 0 Å². The molecule has 1 aromatic carbocycles. The molecule has 1 nitrogen and oxygen atoms in total. The van der Waals surface area contributed by atoms with Gasteiger partial charge in [0.1, 0.15) is 0 Å². The molecule has 1 rings (SSSR count). The average molecular weight is 222 g/mol. The van der Waals surface area contributed by atoms with Crippen LogP contribution in [0.1, 0.15) is 12.0 Å². The molecule has 0 radical (unpaired) electrons. The zero-order chi connectivity index (χ0) is 8.81. The number of rotatable bonds is 2. The molecule has 0 saturated heterocycles. The minimum atomic E-state index is 0.425. The molecule has 0 aliphatic heterocycles. The molecule has 60 valence electrons. The van der Waals surface area contributed by atoms with Crippen molar-refractivity contribution in [2.24, 2.45) is 0 Å². The van der Waals surface area contributed by atoms with Gasteiger partial charge in [-0.05, 0) is 11.6 Å². The van der Waals surface area contributed by atoms with Crippen LogP contribution >= 0.6 is 15.9 Å². The van der Waals surface area contributed by atoms with E-state index in [9.17, 15) is 0 Å². The van der Waals surface area contributed by atoms with Crippen molar-refractivity contribution in [2.45, 2.75) is 6.42 Å². The van der Waals surface area contributed by atoms with Crippen molar-refractivity contribution < 1.29 is 0 Å². The summed E-state index contributed by atoms with van der Waals surface area (Å²) in [4.78, 5) is 0. The number of nitrogens with zero attached hydrogens (tertiary/aromatic N) is 1. The summed E-state index contributed by atoms with van der Waals surface area (Å²) in [5.41, 5.74) is 1.11. The first-order chi connectivity index (χ1) is 5.83. The molecule has 0 bridgehead atoms. The highest BCUT2D eigenvalue weighted by Gasteiger charge is 1.90. The van der Waals surface area contributed by atoms with Gasteiger partial charge in [-0.15, -0.1) is 0 Å². The van der Waals surface area contributed by atoms with Gasteiger partial charge in [-0.3, -0.25) is 0 Å². The maximum absolute atomic E-state index is 8.39. The van der Waals surface area contributed by atoms with Crippen molar-refractivity contribution in [3.8, 4) is 6.07 Å². The van der Waals surface area contributed by atoms with Gasteiger partial charge in [-0.2, -0.15) is 5.26 Å². The van der Waals surface area contributed by atoms with Gasteiger partial charge < -0.3 is 0 Å². The zero-order valence-corrected chi connectivity index (χ0v) is 8.08. The molecule has 0 atom stereocenters. The highest BCUT2D eigenvalue weighted by atomic mass is 79.9. The number of benzene rings is 1. The van der Waals surface area contributed by atoms with Gasteiger partial charge in [0.25, 0.3) is 0 Å². The number of nitriles is 1. The van der Waals surface area contributed by atoms with Crippen LogP contribution in [-0.2, 0) is 0 Å². The molecule has 2 heteroatoms. The molecular weight excluding hydrogens is 214 g/mol. The van der Waals surface area contributed by atoms with Gasteiger partial charge in [0.15, 0.2) is 0 Å². The Balaban J connectivity index is 2.76. The molecule has 0 aliphatic rings. The lowest BCUT2D eigenvalue weighted by atomic mass is 10.2. The van der Waals surface area contributed by atoms with Gasteiger partial charge in [0.2, 0.25) is 0 Å². The normalized spacial score (nSPS) is 10.8. The fourth-order valence-electron chi connectivity index (χ4n) is 0.857. The largest absolute Gasteiger partial charge is 0.198 e. The summed E-state index contributed by atoms with van der Waals surface area (Å²) in [6.45, 7) is 0. The Labute approximate surface area is 80.5 Å². The summed E-state index contributed by atoms with van der Waals surface area (Å²) < 4.78 is 0.913. The summed E-state index contributed by atoms with van der Waals surface area (Å²) in [5, 5.41) is 8.39. The minimum Gasteiger partial charge on any atom is -0.198 e. The van der Waals surface area contributed by atoms with Gasteiger partial charge >= 0.3 is 0 Å². The van der Waals surface area contributed by atoms with Gasteiger partial charge in [-0.1, -0.05) is 46.3 Å². The number of hydrogen-bond acceptors (Lipinski definition) is 1. The lowest BCUT2D eigenvalue weighted by Crippen LogP contribution is -1.71. The van der Waals surface area contributed by atoms with Crippen LogP contribution in [0.25, 0.3) is 6.08 Å². The molecule has 0 unspecified atom stereocenters. The zero-order valence-electron chi connectivity index (χ0n) is 6.50. The SMILES string of the molecule is N#CC/C(Br)=C\c1ccccc1. The number of hydrogen-bond donors (Lipinski definition) is 0. The number of halogens is 1. The van der Waals surface area contributed by atoms with Crippen molar-refractivity contribution >= 4 is 22.0 Å². The quantitative estimate of drug-likeness (QED) is 0.752. The highest BCUT2D eigenvalue weighted by Crippen LogP contribution is 2.14. The van der Waals surface area contributed by atoms with Crippen LogP contribution in [-0.4, -0.2) is 0 Å². The van der Waals surface area contributed by atoms with E-state index in [0.29, 0.717) is 6.42 Å². The van der Waals surface area contributed by atoms with Crippen LogP contribution in [0.2, 0.25) is 0 Å². The third kappa shape index (κ3) is 2.89. The summed E-state index contributed by atoms with van der Waals surface area (Å²) >= 11 is 3.31. The summed E-state index contributed by atoms with van der Waals surface area (Å²) in [6, 6.07) is 12.0. The Bertz CT molecular complexity index is 308. The topological polar surface area (TPSA) is 23.8 Å². The van der Waals surface area contributed by atoms with E-state index in [1.807, 2.05) is 36.4 Å². The van der Waals surface area contributed by atoms with Gasteiger partial charge in [0, 0.05) is 4.48 Å². The second-order valence-electron chi connectivity index (χ2n) is 2.34. The molecule has 0 aliphatic carbocycles. The molecule has 1 aromatic rings. The van der Waals surface area contributed by atoms with E-state index in [-0.39, 0.29) is 0 Å². The first-order valence-corrected chi connectivity index (χ1v) is 4.40. The fraction of sp³-hybridized carbons (Fsp3) is 0.100. The Kier molecular flexibility index (Phi) is 3.56. The van der Waals surface area contributed by atoms with Crippen LogP contribution in [0.3, 0.4) is 0 Å². The maximum atomic E-state index is 8.39. The third-order valence-corrected chi connectivity index (χ3v) is 1.88. The van der Waals surface area contributed by atoms with Gasteiger partial charge in [-0.25, -0.2) is 0 Å². The second-order valence-corrected chi connectivity index (χ2v) is 3.36. The van der Waals surface area contributed by atoms with Crippen LogP contribution in [0.4, 0.5) is 0 Å². The molecule has 0 amide bonds. The van der Waals surface area contributed by atoms with Gasteiger partial charge in [0.05, 0.1) is 12.5 Å². The molecule has 0 aromatic heterocycles. The third-order valence-electron chi connectivity index (χ3n) is 1.37. The molecular formula is C10H8BrN. The Morgan fingerprint density at radius 2 is 2.08 bits per heavy atom. The van der Waals surface area contributed by atoms with Crippen LogP contribution in [0.5, 0.6) is 0 Å². The molecule has 0 N–H and O–H groups in total. The molecule has 0 heterocycles. The van der Waals surface area contributed by atoms with Crippen molar-refractivity contribution in [3.05, 3.63) is 40.4 Å². The van der Waals surface area contributed by atoms with E-state index in [0.717, 1.165) is 10.0 Å². The van der Waals surface area contributed by atoms with Crippen molar-refractivity contribution in [3.63, 3.8) is 0 Å². The lowest BCUT2D eigenvalue weighted by molar-refractivity contribution is 1.35. The van der Waals surface area contributed by atoms with Crippen LogP contribution in [0.15, 0.2) is 34.8 Å². The van der Waals surface area contributed by atoms with E-state index in [4.69, 9.17) is 5.26 Å². The first kappa shape index (κ1) is 9.02. The Morgan fingerprint density at radius 3 is 2.67 bits per heavy atom. The predicted octanol–water partition coefficient (Wildman–Crippen LogP) is 3.34. The molecule has 0 spiro atoms. The predicted molar refractivity (Wildman–Crippen MR) is 53.6 cm³/mol. The van der Waals surface area contributed by atoms with E-state index < -0.39 is 0 Å². The molecule has 12 heavy (non-hydrogen) atoms. The standard InChI is InChI=1S/C10H8BrN/c11-10(6-7-12)8-9-4-2-1-3-5-9/h1-5,8H,6H2/b10-8+. The smallest absolute Gasteiger partial charge is 0.0675 e. The average Bonchev–Trinajstić information content (AvgIpc) is 2.06. The molecule has 0 fully saturated rings. The van der Waals surface area contributed by atoms with E-state index >= 15 is 0 Å². The van der Waals surface area contributed by atoms with Crippen LogP contribution in [0, 0.1) is 11.3 Å². The number of allylic oxidation sites excluding steroid dienone is 1. The summed E-state index contributed by atoms with van der Waals surface area (Å²) in [7, 11) is 0. The molecule has 0 saturated carbocycles. The minimum absolute atomic E-state index is 0.425. The van der Waals surface area contributed by atoms with E-state index in [2.05, 4.69) is 22.0 Å². The first-order valence-electron chi connectivity index (χ1n) is 3.61. The van der Waals surface area contributed by atoms with Crippen molar-refractivity contribution in [1.82, 2.24) is 0 Å². The van der Waals surface area contributed by atoms with E-state index in [1.165, 1.54) is 0 Å². The second kappa shape index (κ2) is 4.74. The monoisotopic (exact) mass is 221 g/mol. The van der Waals surface area contributed by atoms with Crippen molar-refractivity contribution in [2.75, 3.05) is 0 Å². The summed E-state index contributed by atoms with van der Waals surface area (Å²) in [6.07, 6.45) is 2.37. The van der Waals surface area contributed by atoms with Crippen LogP contribution < -0.4 is 0 Å². The fourth-order valence-corrected chi connectivity index (χ4v) is 1.25. The summed E-state index contributed by atoms with van der Waals surface area (Å²) in [5.74, 6) is 0. The Hall–Kier alpha value is -1.07. The highest BCUT2D eigenvalue weighted by molar-refractivity contribution is 9.11.